The summed E-state index contributed by atoms with van der Waals surface area (Å²) in [6.07, 6.45) is 0.186. The minimum Gasteiger partial charge on any atom is -0.486 e. The van der Waals surface area contributed by atoms with Crippen LogP contribution in [0.4, 0.5) is 10.1 Å². The van der Waals surface area contributed by atoms with Gasteiger partial charge in [0, 0.05) is 30.6 Å². The second-order valence-corrected chi connectivity index (χ2v) is 13.0. The average Bonchev–Trinajstić information content (AvgIpc) is 3.05. The van der Waals surface area contributed by atoms with E-state index in [1.54, 1.807) is 0 Å². The van der Waals surface area contributed by atoms with Crippen LogP contribution in [-0.4, -0.2) is 58.0 Å². The number of hydrogen-bond donors (Lipinski definition) is 1. The molecule has 1 N–H and O–H groups in total. The Morgan fingerprint density at radius 3 is 2.27 bits per heavy atom. The van der Waals surface area contributed by atoms with Crippen LogP contribution in [0.15, 0.2) is 106 Å². The van der Waals surface area contributed by atoms with E-state index >= 15 is 0 Å². The molecule has 0 spiro atoms. The fourth-order valence-electron chi connectivity index (χ4n) is 5.00. The summed E-state index contributed by atoms with van der Waals surface area (Å²) in [5, 5.41) is 2.65. The van der Waals surface area contributed by atoms with Crippen molar-refractivity contribution in [3.05, 3.63) is 118 Å². The van der Waals surface area contributed by atoms with Crippen LogP contribution >= 0.6 is 15.9 Å². The van der Waals surface area contributed by atoms with Crippen molar-refractivity contribution in [1.82, 2.24) is 10.2 Å². The average molecular weight is 697 g/mol. The number of fused-ring (bicyclic) bond motifs is 1. The molecule has 45 heavy (non-hydrogen) atoms. The molecule has 12 heteroatoms. The van der Waals surface area contributed by atoms with Crippen molar-refractivity contribution in [3.63, 3.8) is 0 Å². The standard InChI is InChI=1S/C33H31BrFN3O6S/c1-36-33(40)29(19-23-6-3-2-4-7-23)37(21-24-8-5-9-25(34)18-24)32(39)22-38(27-12-10-26(35)11-13-27)45(41,42)28-14-15-30-31(20-28)44-17-16-43-30/h2-15,18,20,29H,16-17,19,21-22H2,1H3,(H,36,40)/t29-/m0/s1. The van der Waals surface area contributed by atoms with E-state index in [9.17, 15) is 22.4 Å². The quantitative estimate of drug-likeness (QED) is 0.238. The van der Waals surface area contributed by atoms with E-state index in [0.717, 1.165) is 32.0 Å². The summed E-state index contributed by atoms with van der Waals surface area (Å²) in [6.45, 7) is -0.0641. The van der Waals surface area contributed by atoms with Crippen LogP contribution in [-0.2, 0) is 32.6 Å². The van der Waals surface area contributed by atoms with E-state index in [4.69, 9.17) is 9.47 Å². The summed E-state index contributed by atoms with van der Waals surface area (Å²) in [5.74, 6) is -0.957. The molecule has 0 fully saturated rings. The lowest BCUT2D eigenvalue weighted by molar-refractivity contribution is -0.139. The highest BCUT2D eigenvalue weighted by molar-refractivity contribution is 9.10. The van der Waals surface area contributed by atoms with Gasteiger partial charge in [-0.1, -0.05) is 58.4 Å². The first-order valence-corrected chi connectivity index (χ1v) is 16.4. The van der Waals surface area contributed by atoms with E-state index in [1.807, 2.05) is 54.6 Å². The van der Waals surface area contributed by atoms with Crippen molar-refractivity contribution < 1.29 is 31.9 Å². The predicted molar refractivity (Wildman–Crippen MR) is 171 cm³/mol. The van der Waals surface area contributed by atoms with Crippen molar-refractivity contribution in [1.29, 1.82) is 0 Å². The van der Waals surface area contributed by atoms with Gasteiger partial charge in [-0.25, -0.2) is 12.8 Å². The summed E-state index contributed by atoms with van der Waals surface area (Å²) in [6, 6.07) is 24.6. The van der Waals surface area contributed by atoms with E-state index in [2.05, 4.69) is 21.2 Å². The first kappa shape index (κ1) is 32.0. The zero-order valence-corrected chi connectivity index (χ0v) is 26.8. The molecule has 4 aromatic carbocycles. The number of rotatable bonds is 11. The molecule has 1 aliphatic rings. The van der Waals surface area contributed by atoms with Gasteiger partial charge in [-0.05, 0) is 59.7 Å². The third kappa shape index (κ3) is 7.63. The van der Waals surface area contributed by atoms with Gasteiger partial charge >= 0.3 is 0 Å². The summed E-state index contributed by atoms with van der Waals surface area (Å²) >= 11 is 3.46. The molecule has 0 radical (unpaired) electrons. The number of ether oxygens (including phenoxy) is 2. The molecule has 234 valence electrons. The van der Waals surface area contributed by atoms with Crippen molar-refractivity contribution in [2.45, 2.75) is 23.9 Å². The van der Waals surface area contributed by atoms with Crippen LogP contribution in [0.25, 0.3) is 0 Å². The van der Waals surface area contributed by atoms with Gasteiger partial charge in [-0.15, -0.1) is 0 Å². The van der Waals surface area contributed by atoms with E-state index in [1.165, 1.54) is 42.3 Å². The Morgan fingerprint density at radius 2 is 1.58 bits per heavy atom. The molecule has 0 unspecified atom stereocenters. The number of hydrogen-bond acceptors (Lipinski definition) is 6. The number of halogens is 2. The Balaban J connectivity index is 1.56. The molecule has 5 rings (SSSR count). The lowest BCUT2D eigenvalue weighted by Gasteiger charge is -2.33. The SMILES string of the molecule is CNC(=O)[C@H](Cc1ccccc1)N(Cc1cccc(Br)c1)C(=O)CN(c1ccc(F)cc1)S(=O)(=O)c1ccc2c(c1)OCCO2. The molecule has 9 nitrogen and oxygen atoms in total. The fraction of sp³-hybridized carbons (Fsp3) is 0.212. The van der Waals surface area contributed by atoms with Crippen LogP contribution in [0, 0.1) is 5.82 Å². The number of nitrogens with one attached hydrogen (secondary N) is 1. The number of nitrogens with zero attached hydrogens (tertiary/aromatic N) is 2. The number of carbonyl (C=O) groups excluding carboxylic acids is 2. The van der Waals surface area contributed by atoms with Gasteiger partial charge in [0.05, 0.1) is 10.6 Å². The van der Waals surface area contributed by atoms with Crippen molar-refractivity contribution in [2.75, 3.05) is 31.1 Å². The highest BCUT2D eigenvalue weighted by Gasteiger charge is 2.35. The Kier molecular flexibility index (Phi) is 10.0. The van der Waals surface area contributed by atoms with Gasteiger partial charge < -0.3 is 19.7 Å². The topological polar surface area (TPSA) is 105 Å². The van der Waals surface area contributed by atoms with Gasteiger partial charge in [0.25, 0.3) is 10.0 Å². The van der Waals surface area contributed by atoms with Crippen LogP contribution in [0.1, 0.15) is 11.1 Å². The summed E-state index contributed by atoms with van der Waals surface area (Å²) in [5.41, 5.74) is 1.61. The second-order valence-electron chi connectivity index (χ2n) is 10.3. The van der Waals surface area contributed by atoms with Crippen molar-refractivity contribution in [2.24, 2.45) is 0 Å². The van der Waals surface area contributed by atoms with Crippen molar-refractivity contribution in [3.8, 4) is 11.5 Å². The Hall–Kier alpha value is -4.42. The predicted octanol–water partition coefficient (Wildman–Crippen LogP) is 4.94. The van der Waals surface area contributed by atoms with Crippen LogP contribution < -0.4 is 19.1 Å². The normalized spacial score (nSPS) is 13.0. The maximum absolute atomic E-state index is 14.4. The number of amides is 2. The molecule has 0 aliphatic carbocycles. The van der Waals surface area contributed by atoms with E-state index in [0.29, 0.717) is 12.4 Å². The molecule has 0 aromatic heterocycles. The van der Waals surface area contributed by atoms with Gasteiger partial charge in [0.15, 0.2) is 11.5 Å². The number of anilines is 1. The molecule has 0 saturated carbocycles. The van der Waals surface area contributed by atoms with Crippen molar-refractivity contribution >= 4 is 43.5 Å². The third-order valence-electron chi connectivity index (χ3n) is 7.25. The maximum Gasteiger partial charge on any atom is 0.264 e. The Morgan fingerprint density at radius 1 is 0.889 bits per heavy atom. The maximum atomic E-state index is 14.4. The summed E-state index contributed by atoms with van der Waals surface area (Å²) in [4.78, 5) is 28.9. The molecule has 4 aromatic rings. The highest BCUT2D eigenvalue weighted by Crippen LogP contribution is 2.34. The second kappa shape index (κ2) is 14.1. The number of sulfonamides is 1. The number of carbonyl (C=O) groups is 2. The minimum absolute atomic E-state index is 0.0184. The van der Waals surface area contributed by atoms with Crippen LogP contribution in [0.3, 0.4) is 0 Å². The molecule has 1 atom stereocenters. The Bertz CT molecular complexity index is 1770. The molecular weight excluding hydrogens is 665 g/mol. The Labute approximate surface area is 269 Å². The number of likely N-dealkylation sites (N-methyl/N-ethyl adjacent to an activating group) is 1. The lowest BCUT2D eigenvalue weighted by Crippen LogP contribution is -2.53. The first-order valence-electron chi connectivity index (χ1n) is 14.1. The highest BCUT2D eigenvalue weighted by atomic mass is 79.9. The zero-order valence-electron chi connectivity index (χ0n) is 24.4. The zero-order chi connectivity index (χ0) is 32.0. The third-order valence-corrected chi connectivity index (χ3v) is 9.52. The largest absolute Gasteiger partial charge is 0.486 e. The van der Waals surface area contributed by atoms with Gasteiger partial charge in [-0.2, -0.15) is 0 Å². The molecule has 0 bridgehead atoms. The number of benzene rings is 4. The molecular formula is C33H31BrFN3O6S. The van der Waals surface area contributed by atoms with Gasteiger partial charge in [0.1, 0.15) is 31.6 Å². The summed E-state index contributed by atoms with van der Waals surface area (Å²) < 4.78 is 55.2. The summed E-state index contributed by atoms with van der Waals surface area (Å²) in [7, 11) is -2.91. The van der Waals surface area contributed by atoms with Crippen LogP contribution in [0.5, 0.6) is 11.5 Å². The van der Waals surface area contributed by atoms with Crippen LogP contribution in [0.2, 0.25) is 0 Å². The monoisotopic (exact) mass is 695 g/mol. The molecule has 1 aliphatic heterocycles. The minimum atomic E-state index is -4.40. The van der Waals surface area contributed by atoms with E-state index in [-0.39, 0.29) is 35.9 Å². The molecule has 2 amide bonds. The first-order chi connectivity index (χ1) is 21.7. The fourth-order valence-corrected chi connectivity index (χ4v) is 6.88. The van der Waals surface area contributed by atoms with Gasteiger partial charge in [0.2, 0.25) is 11.8 Å². The van der Waals surface area contributed by atoms with Gasteiger partial charge in [-0.3, -0.25) is 13.9 Å². The van der Waals surface area contributed by atoms with E-state index < -0.39 is 40.2 Å². The lowest BCUT2D eigenvalue weighted by atomic mass is 10.0. The smallest absolute Gasteiger partial charge is 0.264 e. The molecule has 1 heterocycles. The molecule has 0 saturated heterocycles.